The summed E-state index contributed by atoms with van der Waals surface area (Å²) in [5.41, 5.74) is 0. The fraction of sp³-hybridized carbons (Fsp3) is 0.842. The molecule has 0 atom stereocenters. The minimum atomic E-state index is 0.835. The second kappa shape index (κ2) is 18.2. The molecule has 1 nitrogen and oxygen atoms in total. The molecule has 20 heavy (non-hydrogen) atoms. The van der Waals surface area contributed by atoms with Gasteiger partial charge in [0.25, 0.3) is 13.1 Å². The molecule has 0 saturated heterocycles. The second-order valence-corrected chi connectivity index (χ2v) is 5.84. The summed E-state index contributed by atoms with van der Waals surface area (Å²) in [5.74, 6) is 0. The van der Waals surface area contributed by atoms with Crippen LogP contribution in [-0.2, 0) is 0 Å². The summed E-state index contributed by atoms with van der Waals surface area (Å²) in [6.45, 7) is 8.22. The van der Waals surface area contributed by atoms with E-state index < -0.39 is 0 Å². The average molecular weight is 279 g/mol. The predicted octanol–water partition coefficient (Wildman–Crippen LogP) is 6.99. The molecule has 0 rings (SSSR count). The molecule has 1 heteroatoms. The highest BCUT2D eigenvalue weighted by Crippen LogP contribution is 2.09. The molecular formula is C19H36N+. The van der Waals surface area contributed by atoms with Crippen molar-refractivity contribution in [2.45, 2.75) is 96.8 Å². The molecule has 0 heterocycles. The Labute approximate surface area is 127 Å². The number of unbranched alkanes of at least 4 members (excludes halogenated alkanes) is 12. The van der Waals surface area contributed by atoms with Gasteiger partial charge in [-0.15, -0.1) is 0 Å². The van der Waals surface area contributed by atoms with E-state index >= 15 is 0 Å². The van der Waals surface area contributed by atoms with E-state index in [1.54, 1.807) is 0 Å². The Kier molecular flexibility index (Phi) is 17.5. The quantitative estimate of drug-likeness (QED) is 0.225. The van der Waals surface area contributed by atoms with Crippen LogP contribution in [0.15, 0.2) is 12.2 Å². The topological polar surface area (TPSA) is 4.36 Å². The van der Waals surface area contributed by atoms with E-state index in [0.29, 0.717) is 0 Å². The lowest BCUT2D eigenvalue weighted by Gasteiger charge is -1.98. The lowest BCUT2D eigenvalue weighted by molar-refractivity contribution is 0.605. The van der Waals surface area contributed by atoms with Crippen LogP contribution in [0, 0.1) is 6.57 Å². The average Bonchev–Trinajstić information content (AvgIpc) is 2.47. The third kappa shape index (κ3) is 17.2. The molecule has 0 saturated carbocycles. The number of hydrogen-bond donors (Lipinski definition) is 0. The Bertz CT molecular complexity index is 237. The molecule has 0 aromatic carbocycles. The van der Waals surface area contributed by atoms with E-state index in [0.717, 1.165) is 13.0 Å². The maximum atomic E-state index is 5.11. The predicted molar refractivity (Wildman–Crippen MR) is 92.6 cm³/mol. The van der Waals surface area contributed by atoms with Crippen molar-refractivity contribution in [1.82, 2.24) is 0 Å². The van der Waals surface area contributed by atoms with Crippen molar-refractivity contribution in [3.8, 4) is 6.57 Å². The van der Waals surface area contributed by atoms with Crippen molar-refractivity contribution in [3.63, 3.8) is 0 Å². The molecule has 0 unspecified atom stereocenters. The van der Waals surface area contributed by atoms with Crippen LogP contribution < -0.4 is 0 Å². The number of allylic oxidation sites excluding steroid dienone is 2. The van der Waals surface area contributed by atoms with Gasteiger partial charge in [0.2, 0.25) is 0 Å². The summed E-state index contributed by atoms with van der Waals surface area (Å²) < 4.78 is 0. The second-order valence-electron chi connectivity index (χ2n) is 5.84. The largest absolute Gasteiger partial charge is 0.263 e. The lowest BCUT2D eigenvalue weighted by atomic mass is 10.1. The fourth-order valence-electron chi connectivity index (χ4n) is 2.45. The minimum absolute atomic E-state index is 0.835. The monoisotopic (exact) mass is 278 g/mol. The standard InChI is InChI=1S/C19H36N/c1-3-4-5-6-7-8-9-10-11-12-13-14-15-16-17-18-19-20-2/h2,10-11H,3-9,12-19H2,1H3/q+1/b11-10-. The normalized spacial score (nSPS) is 11.0. The first-order valence-electron chi connectivity index (χ1n) is 8.93. The molecule has 0 aliphatic carbocycles. The maximum absolute atomic E-state index is 5.11. The molecule has 0 spiro atoms. The molecular weight excluding hydrogens is 242 g/mol. The molecule has 0 aliphatic heterocycles. The van der Waals surface area contributed by atoms with Gasteiger partial charge in [-0.3, -0.25) is 0 Å². The first kappa shape index (κ1) is 19.2. The molecule has 0 aromatic heterocycles. The molecule has 116 valence electrons. The van der Waals surface area contributed by atoms with Crippen LogP contribution in [0.5, 0.6) is 0 Å². The van der Waals surface area contributed by atoms with Crippen molar-refractivity contribution in [3.05, 3.63) is 17.0 Å². The van der Waals surface area contributed by atoms with Gasteiger partial charge in [-0.1, -0.05) is 75.3 Å². The Morgan fingerprint density at radius 2 is 1.10 bits per heavy atom. The van der Waals surface area contributed by atoms with Gasteiger partial charge in [0.1, 0.15) is 0 Å². The summed E-state index contributed by atoms with van der Waals surface area (Å²) in [6, 6.07) is 0. The number of hydrogen-bond acceptors (Lipinski definition) is 0. The SMILES string of the molecule is C#[N+]CCCCCCCC/C=C\CCCCCCCC. The lowest BCUT2D eigenvalue weighted by Crippen LogP contribution is -1.81. The van der Waals surface area contributed by atoms with Crippen molar-refractivity contribution in [2.75, 3.05) is 6.54 Å². The van der Waals surface area contributed by atoms with Crippen LogP contribution in [0.4, 0.5) is 0 Å². The summed E-state index contributed by atoms with van der Waals surface area (Å²) in [6.07, 6.45) is 23.7. The highest BCUT2D eigenvalue weighted by atomic mass is 14.6. The summed E-state index contributed by atoms with van der Waals surface area (Å²) >= 11 is 0. The zero-order valence-corrected chi connectivity index (χ0v) is 13.8. The third-order valence-electron chi connectivity index (χ3n) is 3.80. The minimum Gasteiger partial charge on any atom is -0.0885 e. The van der Waals surface area contributed by atoms with E-state index in [-0.39, 0.29) is 0 Å². The van der Waals surface area contributed by atoms with Crippen molar-refractivity contribution in [2.24, 2.45) is 0 Å². The third-order valence-corrected chi connectivity index (χ3v) is 3.80. The van der Waals surface area contributed by atoms with Gasteiger partial charge in [-0.2, -0.15) is 0 Å². The van der Waals surface area contributed by atoms with E-state index in [1.165, 1.54) is 83.5 Å². The number of nitrogens with zero attached hydrogens (tertiary/aromatic N) is 1. The Morgan fingerprint density at radius 1 is 0.650 bits per heavy atom. The van der Waals surface area contributed by atoms with Gasteiger partial charge in [0, 0.05) is 6.42 Å². The van der Waals surface area contributed by atoms with E-state index in [9.17, 15) is 0 Å². The zero-order valence-electron chi connectivity index (χ0n) is 13.8. The molecule has 0 bridgehead atoms. The van der Waals surface area contributed by atoms with Crippen LogP contribution in [0.2, 0.25) is 0 Å². The summed E-state index contributed by atoms with van der Waals surface area (Å²) in [4.78, 5) is 3.63. The summed E-state index contributed by atoms with van der Waals surface area (Å²) in [5, 5.41) is 0. The van der Waals surface area contributed by atoms with Crippen LogP contribution in [-0.4, -0.2) is 6.54 Å². The fourth-order valence-corrected chi connectivity index (χ4v) is 2.45. The smallest absolute Gasteiger partial charge is 0.0885 e. The molecule has 0 amide bonds. The van der Waals surface area contributed by atoms with Crippen LogP contribution in [0.1, 0.15) is 96.8 Å². The van der Waals surface area contributed by atoms with Crippen molar-refractivity contribution >= 4 is 0 Å². The molecule has 0 N–H and O–H groups in total. The van der Waals surface area contributed by atoms with Gasteiger partial charge in [0.05, 0.1) is 0 Å². The van der Waals surface area contributed by atoms with Gasteiger partial charge in [-0.05, 0) is 32.1 Å². The van der Waals surface area contributed by atoms with E-state index in [4.69, 9.17) is 6.57 Å². The van der Waals surface area contributed by atoms with Gasteiger partial charge in [-0.25, -0.2) is 0 Å². The molecule has 0 radical (unpaired) electrons. The Morgan fingerprint density at radius 3 is 1.60 bits per heavy atom. The van der Waals surface area contributed by atoms with E-state index in [2.05, 4.69) is 23.9 Å². The van der Waals surface area contributed by atoms with Gasteiger partial charge < -0.3 is 0 Å². The Hall–Kier alpha value is -0.770. The molecule has 0 aromatic rings. The van der Waals surface area contributed by atoms with Crippen LogP contribution in [0.25, 0.3) is 4.85 Å². The first-order chi connectivity index (χ1) is 9.91. The van der Waals surface area contributed by atoms with Crippen LogP contribution in [0.3, 0.4) is 0 Å². The van der Waals surface area contributed by atoms with Crippen molar-refractivity contribution in [1.29, 1.82) is 0 Å². The first-order valence-corrected chi connectivity index (χ1v) is 8.93. The maximum Gasteiger partial charge on any atom is 0.263 e. The molecule has 0 aliphatic rings. The van der Waals surface area contributed by atoms with Crippen molar-refractivity contribution < 1.29 is 0 Å². The number of rotatable bonds is 15. The Balaban J connectivity index is 3.03. The highest BCUT2D eigenvalue weighted by molar-refractivity contribution is 4.81. The van der Waals surface area contributed by atoms with Crippen LogP contribution >= 0.6 is 0 Å². The highest BCUT2D eigenvalue weighted by Gasteiger charge is 1.93. The zero-order chi connectivity index (χ0) is 14.7. The van der Waals surface area contributed by atoms with Gasteiger partial charge >= 0.3 is 0 Å². The molecule has 0 fully saturated rings. The summed E-state index contributed by atoms with van der Waals surface area (Å²) in [7, 11) is 0. The van der Waals surface area contributed by atoms with E-state index in [1.807, 2.05) is 0 Å². The van der Waals surface area contributed by atoms with Gasteiger partial charge in [0.15, 0.2) is 0 Å².